The van der Waals surface area contributed by atoms with E-state index in [1.165, 1.54) is 0 Å². The number of nitrogens with one attached hydrogen (secondary N) is 1. The summed E-state index contributed by atoms with van der Waals surface area (Å²) in [6.45, 7) is 1.50. The third-order valence-electron chi connectivity index (χ3n) is 4.29. The molecule has 5 nitrogen and oxygen atoms in total. The molecule has 130 valence electrons. The molecule has 1 fully saturated rings. The van der Waals surface area contributed by atoms with Crippen LogP contribution in [0.5, 0.6) is 0 Å². The van der Waals surface area contributed by atoms with Gasteiger partial charge in [-0.2, -0.15) is 5.26 Å². The summed E-state index contributed by atoms with van der Waals surface area (Å²) in [6, 6.07) is 11.4. The third-order valence-corrected chi connectivity index (χ3v) is 5.68. The van der Waals surface area contributed by atoms with E-state index in [9.17, 15) is 10.1 Å². The summed E-state index contributed by atoms with van der Waals surface area (Å²) < 4.78 is 0.886. The largest absolute Gasteiger partial charge is 0.368 e. The first kappa shape index (κ1) is 17.9. The highest BCUT2D eigenvalue weighted by Gasteiger charge is 2.27. The van der Waals surface area contributed by atoms with Crippen molar-refractivity contribution in [1.82, 2.24) is 5.32 Å². The summed E-state index contributed by atoms with van der Waals surface area (Å²) in [5.41, 5.74) is 7.57. The van der Waals surface area contributed by atoms with Crippen LogP contribution in [0.25, 0.3) is 0 Å². The lowest BCUT2D eigenvalue weighted by Crippen LogP contribution is -2.47. The molecule has 0 saturated carbocycles. The number of anilines is 1. The molecule has 1 aromatic heterocycles. The van der Waals surface area contributed by atoms with E-state index in [1.54, 1.807) is 11.3 Å². The van der Waals surface area contributed by atoms with Gasteiger partial charge in [-0.15, -0.1) is 11.3 Å². The zero-order chi connectivity index (χ0) is 17.8. The van der Waals surface area contributed by atoms with Gasteiger partial charge in [-0.05, 0) is 36.1 Å². The molecular formula is C18H19BrN4OS. The first-order valence-corrected chi connectivity index (χ1v) is 9.77. The second kappa shape index (κ2) is 8.00. The fourth-order valence-electron chi connectivity index (χ4n) is 3.02. The first-order chi connectivity index (χ1) is 12.1. The van der Waals surface area contributed by atoms with E-state index in [2.05, 4.69) is 32.2 Å². The lowest BCUT2D eigenvalue weighted by molar-refractivity contribution is -0.122. The summed E-state index contributed by atoms with van der Waals surface area (Å²) in [5, 5.41) is 14.4. The molecule has 1 saturated heterocycles. The van der Waals surface area contributed by atoms with Gasteiger partial charge < -0.3 is 16.0 Å². The number of amides is 1. The van der Waals surface area contributed by atoms with Crippen LogP contribution in [0.15, 0.2) is 40.2 Å². The van der Waals surface area contributed by atoms with Crippen molar-refractivity contribution < 1.29 is 4.79 Å². The van der Waals surface area contributed by atoms with Crippen LogP contribution in [0.1, 0.15) is 16.9 Å². The Kier molecular flexibility index (Phi) is 5.74. The fourth-order valence-corrected chi connectivity index (χ4v) is 4.14. The van der Waals surface area contributed by atoms with Gasteiger partial charge in [0, 0.05) is 34.9 Å². The molecule has 25 heavy (non-hydrogen) atoms. The number of halogens is 1. The predicted molar refractivity (Wildman–Crippen MR) is 104 cm³/mol. The van der Waals surface area contributed by atoms with Gasteiger partial charge >= 0.3 is 0 Å². The minimum Gasteiger partial charge on any atom is -0.368 e. The van der Waals surface area contributed by atoms with Crippen LogP contribution in [0.4, 0.5) is 5.69 Å². The van der Waals surface area contributed by atoms with E-state index in [0.29, 0.717) is 18.5 Å². The molecule has 3 N–H and O–H groups in total. The van der Waals surface area contributed by atoms with Crippen molar-refractivity contribution in [2.24, 2.45) is 5.73 Å². The molecule has 0 radical (unpaired) electrons. The highest BCUT2D eigenvalue weighted by molar-refractivity contribution is 9.10. The zero-order valence-corrected chi connectivity index (χ0v) is 16.0. The summed E-state index contributed by atoms with van der Waals surface area (Å²) in [5.74, 6) is -0.114. The third kappa shape index (κ3) is 4.40. The summed E-state index contributed by atoms with van der Waals surface area (Å²) in [6.07, 6.45) is 1.41. The Balaban J connectivity index is 1.58. The Morgan fingerprint density at radius 3 is 3.08 bits per heavy atom. The highest BCUT2D eigenvalue weighted by Crippen LogP contribution is 2.27. The van der Waals surface area contributed by atoms with Gasteiger partial charge in [0.05, 0.1) is 17.3 Å². The van der Waals surface area contributed by atoms with Gasteiger partial charge in [0.15, 0.2) is 0 Å². The van der Waals surface area contributed by atoms with E-state index in [4.69, 9.17) is 5.73 Å². The monoisotopic (exact) mass is 418 g/mol. The van der Waals surface area contributed by atoms with Crippen LogP contribution in [-0.2, 0) is 11.2 Å². The average molecular weight is 419 g/mol. The number of hydrogen-bond donors (Lipinski definition) is 2. The van der Waals surface area contributed by atoms with Gasteiger partial charge in [-0.3, -0.25) is 4.79 Å². The molecule has 2 atom stereocenters. The molecule has 2 unspecified atom stereocenters. The van der Waals surface area contributed by atoms with Crippen LogP contribution >= 0.6 is 27.3 Å². The van der Waals surface area contributed by atoms with Crippen LogP contribution in [0, 0.1) is 11.3 Å². The number of hydrogen-bond acceptors (Lipinski definition) is 5. The van der Waals surface area contributed by atoms with Crippen LogP contribution < -0.4 is 16.0 Å². The van der Waals surface area contributed by atoms with E-state index in [1.807, 2.05) is 35.7 Å². The lowest BCUT2D eigenvalue weighted by Gasteiger charge is -2.21. The normalized spacial score (nSPS) is 18.0. The van der Waals surface area contributed by atoms with Crippen molar-refractivity contribution in [1.29, 1.82) is 5.26 Å². The highest BCUT2D eigenvalue weighted by atomic mass is 79.9. The number of carbonyl (C=O) groups excluding carboxylic acids is 1. The Labute approximate surface area is 159 Å². The van der Waals surface area contributed by atoms with Gasteiger partial charge in [-0.25, -0.2) is 0 Å². The van der Waals surface area contributed by atoms with E-state index in [-0.39, 0.29) is 11.9 Å². The molecule has 3 rings (SSSR count). The predicted octanol–water partition coefficient (Wildman–Crippen LogP) is 2.65. The molecule has 1 aromatic carbocycles. The van der Waals surface area contributed by atoms with E-state index >= 15 is 0 Å². The number of benzene rings is 1. The number of thiophene rings is 1. The van der Waals surface area contributed by atoms with Crippen LogP contribution in [-0.4, -0.2) is 31.1 Å². The van der Waals surface area contributed by atoms with Crippen molar-refractivity contribution in [3.8, 4) is 6.07 Å². The van der Waals surface area contributed by atoms with E-state index < -0.39 is 6.04 Å². The molecule has 2 heterocycles. The SMILES string of the molecule is N#Cc1cc(Br)ccc1N1CCC(NC(=O)C(N)Cc2cccs2)C1. The van der Waals surface area contributed by atoms with Gasteiger partial charge in [0.2, 0.25) is 5.91 Å². The van der Waals surface area contributed by atoms with Crippen molar-refractivity contribution in [2.75, 3.05) is 18.0 Å². The van der Waals surface area contributed by atoms with Crippen molar-refractivity contribution in [2.45, 2.75) is 24.9 Å². The van der Waals surface area contributed by atoms with Gasteiger partial charge in [0.25, 0.3) is 0 Å². The Morgan fingerprint density at radius 1 is 1.52 bits per heavy atom. The molecule has 7 heteroatoms. The van der Waals surface area contributed by atoms with Crippen LogP contribution in [0.2, 0.25) is 0 Å². The maximum Gasteiger partial charge on any atom is 0.237 e. The molecule has 0 spiro atoms. The number of carbonyl (C=O) groups is 1. The number of nitrogens with zero attached hydrogens (tertiary/aromatic N) is 2. The maximum atomic E-state index is 12.3. The number of nitrogens with two attached hydrogens (primary N) is 1. The Bertz CT molecular complexity index is 787. The fraction of sp³-hybridized carbons (Fsp3) is 0.333. The molecule has 1 aliphatic heterocycles. The van der Waals surface area contributed by atoms with Crippen molar-refractivity contribution in [3.63, 3.8) is 0 Å². The maximum absolute atomic E-state index is 12.3. The summed E-state index contributed by atoms with van der Waals surface area (Å²) in [7, 11) is 0. The number of rotatable bonds is 5. The Morgan fingerprint density at radius 2 is 2.36 bits per heavy atom. The standard InChI is InChI=1S/C18H19BrN4OS/c19-13-3-4-17(12(8-13)10-20)23-6-5-14(11-23)22-18(24)16(21)9-15-2-1-7-25-15/h1-4,7-8,14,16H,5-6,9,11,21H2,(H,22,24). The quantitative estimate of drug-likeness (QED) is 0.781. The van der Waals surface area contributed by atoms with Crippen LogP contribution in [0.3, 0.4) is 0 Å². The second-order valence-electron chi connectivity index (χ2n) is 6.10. The average Bonchev–Trinajstić information content (AvgIpc) is 3.26. The van der Waals surface area contributed by atoms with Crippen molar-refractivity contribution >= 4 is 38.9 Å². The molecular weight excluding hydrogens is 400 g/mol. The van der Waals surface area contributed by atoms with Gasteiger partial charge in [0.1, 0.15) is 6.07 Å². The smallest absolute Gasteiger partial charge is 0.237 e. The lowest BCUT2D eigenvalue weighted by atomic mass is 10.1. The second-order valence-corrected chi connectivity index (χ2v) is 8.05. The Hall–Kier alpha value is -1.88. The zero-order valence-electron chi connectivity index (χ0n) is 13.6. The summed E-state index contributed by atoms with van der Waals surface area (Å²) >= 11 is 5.00. The minimum absolute atomic E-state index is 0.0528. The minimum atomic E-state index is -0.532. The molecule has 1 amide bonds. The summed E-state index contributed by atoms with van der Waals surface area (Å²) in [4.78, 5) is 15.6. The first-order valence-electron chi connectivity index (χ1n) is 8.09. The number of nitriles is 1. The molecule has 0 bridgehead atoms. The van der Waals surface area contributed by atoms with E-state index in [0.717, 1.165) is 28.0 Å². The molecule has 1 aliphatic rings. The van der Waals surface area contributed by atoms with Gasteiger partial charge in [-0.1, -0.05) is 22.0 Å². The molecule has 0 aliphatic carbocycles. The molecule has 2 aromatic rings. The van der Waals surface area contributed by atoms with Crippen molar-refractivity contribution in [3.05, 3.63) is 50.6 Å². The topological polar surface area (TPSA) is 82.2 Å².